The summed E-state index contributed by atoms with van der Waals surface area (Å²) in [5.74, 6) is 0. The van der Waals surface area contributed by atoms with Crippen molar-refractivity contribution >= 4 is 0 Å². The Bertz CT molecular complexity index is 263. The predicted octanol–water partition coefficient (Wildman–Crippen LogP) is 2.41. The molecule has 1 unspecified atom stereocenters. The van der Waals surface area contributed by atoms with Crippen molar-refractivity contribution in [2.75, 3.05) is 33.4 Å². The second-order valence-electron chi connectivity index (χ2n) is 6.46. The van der Waals surface area contributed by atoms with E-state index in [4.69, 9.17) is 4.74 Å². The van der Waals surface area contributed by atoms with E-state index in [1.807, 2.05) is 0 Å². The Balaban J connectivity index is 1.99. The van der Waals surface area contributed by atoms with Crippen LogP contribution in [0.5, 0.6) is 0 Å². The molecular weight excluding hydrogens is 224 g/mol. The fourth-order valence-electron chi connectivity index (χ4n) is 3.59. The number of rotatable bonds is 5. The second-order valence-corrected chi connectivity index (χ2v) is 6.46. The van der Waals surface area contributed by atoms with E-state index < -0.39 is 0 Å². The van der Waals surface area contributed by atoms with Gasteiger partial charge in [0.05, 0.1) is 0 Å². The molecule has 1 saturated heterocycles. The van der Waals surface area contributed by atoms with Crippen LogP contribution in [0, 0.1) is 0 Å². The average molecular weight is 254 g/mol. The SMILES string of the molecule is CCC1(C)CNC2(CCCC2)CN1CCCOC. The number of ether oxygens (including phenoxy) is 1. The fraction of sp³-hybridized carbons (Fsp3) is 1.00. The Morgan fingerprint density at radius 2 is 2.00 bits per heavy atom. The fourth-order valence-corrected chi connectivity index (χ4v) is 3.59. The summed E-state index contributed by atoms with van der Waals surface area (Å²) in [5, 5.41) is 3.88. The van der Waals surface area contributed by atoms with Gasteiger partial charge in [0, 0.05) is 44.4 Å². The minimum Gasteiger partial charge on any atom is -0.385 e. The number of hydrogen-bond donors (Lipinski definition) is 1. The highest BCUT2D eigenvalue weighted by atomic mass is 16.5. The minimum atomic E-state index is 0.335. The summed E-state index contributed by atoms with van der Waals surface area (Å²) >= 11 is 0. The zero-order valence-corrected chi connectivity index (χ0v) is 12.4. The van der Waals surface area contributed by atoms with E-state index in [9.17, 15) is 0 Å². The molecule has 1 aliphatic carbocycles. The van der Waals surface area contributed by atoms with Crippen LogP contribution in [0.4, 0.5) is 0 Å². The lowest BCUT2D eigenvalue weighted by Crippen LogP contribution is -2.68. The molecule has 1 spiro atoms. The first-order valence-electron chi connectivity index (χ1n) is 7.63. The van der Waals surface area contributed by atoms with E-state index in [0.717, 1.165) is 19.6 Å². The molecule has 0 aromatic carbocycles. The molecule has 1 aliphatic heterocycles. The van der Waals surface area contributed by atoms with Crippen molar-refractivity contribution in [3.8, 4) is 0 Å². The smallest absolute Gasteiger partial charge is 0.0474 e. The van der Waals surface area contributed by atoms with Crippen LogP contribution in [0.2, 0.25) is 0 Å². The maximum Gasteiger partial charge on any atom is 0.0474 e. The summed E-state index contributed by atoms with van der Waals surface area (Å²) < 4.78 is 5.21. The molecule has 2 aliphatic rings. The summed E-state index contributed by atoms with van der Waals surface area (Å²) in [6.45, 7) is 9.18. The van der Waals surface area contributed by atoms with E-state index in [0.29, 0.717) is 11.1 Å². The molecule has 2 fully saturated rings. The Labute approximate surface area is 112 Å². The van der Waals surface area contributed by atoms with Gasteiger partial charge in [0.1, 0.15) is 0 Å². The molecule has 3 nitrogen and oxygen atoms in total. The summed E-state index contributed by atoms with van der Waals surface area (Å²) in [5.41, 5.74) is 0.767. The van der Waals surface area contributed by atoms with Crippen molar-refractivity contribution in [3.63, 3.8) is 0 Å². The van der Waals surface area contributed by atoms with Crippen LogP contribution in [0.15, 0.2) is 0 Å². The van der Waals surface area contributed by atoms with Gasteiger partial charge in [0.25, 0.3) is 0 Å². The molecule has 0 amide bonds. The van der Waals surface area contributed by atoms with Gasteiger partial charge in [-0.2, -0.15) is 0 Å². The second kappa shape index (κ2) is 5.89. The largest absolute Gasteiger partial charge is 0.385 e. The summed E-state index contributed by atoms with van der Waals surface area (Å²) in [6, 6.07) is 0. The molecule has 0 aromatic rings. The van der Waals surface area contributed by atoms with Gasteiger partial charge in [-0.05, 0) is 32.6 Å². The zero-order valence-electron chi connectivity index (χ0n) is 12.4. The molecule has 1 atom stereocenters. The van der Waals surface area contributed by atoms with Gasteiger partial charge in [-0.25, -0.2) is 0 Å². The maximum atomic E-state index is 5.21. The van der Waals surface area contributed by atoms with Crippen LogP contribution in [0.1, 0.15) is 52.4 Å². The van der Waals surface area contributed by atoms with Gasteiger partial charge >= 0.3 is 0 Å². The third-order valence-corrected chi connectivity index (χ3v) is 5.20. The number of nitrogens with one attached hydrogen (secondary N) is 1. The summed E-state index contributed by atoms with van der Waals surface area (Å²) in [6.07, 6.45) is 7.93. The van der Waals surface area contributed by atoms with E-state index in [-0.39, 0.29) is 0 Å². The number of hydrogen-bond acceptors (Lipinski definition) is 3. The first-order chi connectivity index (χ1) is 8.64. The lowest BCUT2D eigenvalue weighted by molar-refractivity contribution is 0.00898. The van der Waals surface area contributed by atoms with E-state index >= 15 is 0 Å². The molecule has 106 valence electrons. The number of nitrogens with zero attached hydrogens (tertiary/aromatic N) is 1. The average Bonchev–Trinajstić information content (AvgIpc) is 2.83. The highest BCUT2D eigenvalue weighted by Gasteiger charge is 2.44. The lowest BCUT2D eigenvalue weighted by Gasteiger charge is -2.52. The normalized spacial score (nSPS) is 32.2. The van der Waals surface area contributed by atoms with Crippen molar-refractivity contribution in [1.29, 1.82) is 0 Å². The molecule has 0 bridgehead atoms. The molecule has 0 radical (unpaired) electrons. The third-order valence-electron chi connectivity index (χ3n) is 5.20. The number of methoxy groups -OCH3 is 1. The topological polar surface area (TPSA) is 24.5 Å². The van der Waals surface area contributed by atoms with Crippen LogP contribution < -0.4 is 5.32 Å². The molecule has 1 saturated carbocycles. The molecule has 1 heterocycles. The molecule has 3 heteroatoms. The van der Waals surface area contributed by atoms with Crippen LogP contribution >= 0.6 is 0 Å². The van der Waals surface area contributed by atoms with Crippen LogP contribution in [0.3, 0.4) is 0 Å². The van der Waals surface area contributed by atoms with Crippen LogP contribution in [-0.2, 0) is 4.74 Å². The van der Waals surface area contributed by atoms with Gasteiger partial charge in [-0.3, -0.25) is 4.90 Å². The quantitative estimate of drug-likeness (QED) is 0.763. The van der Waals surface area contributed by atoms with Crippen LogP contribution in [0.25, 0.3) is 0 Å². The van der Waals surface area contributed by atoms with Crippen molar-refractivity contribution in [1.82, 2.24) is 10.2 Å². The monoisotopic (exact) mass is 254 g/mol. The molecule has 18 heavy (non-hydrogen) atoms. The summed E-state index contributed by atoms with van der Waals surface area (Å²) in [4.78, 5) is 2.73. The van der Waals surface area contributed by atoms with Crippen molar-refractivity contribution in [3.05, 3.63) is 0 Å². The van der Waals surface area contributed by atoms with Gasteiger partial charge in [-0.1, -0.05) is 19.8 Å². The summed E-state index contributed by atoms with van der Waals surface area (Å²) in [7, 11) is 1.80. The molecule has 1 N–H and O–H groups in total. The first-order valence-corrected chi connectivity index (χ1v) is 7.63. The Morgan fingerprint density at radius 1 is 1.28 bits per heavy atom. The zero-order chi connectivity index (χ0) is 13.1. The van der Waals surface area contributed by atoms with Gasteiger partial charge < -0.3 is 10.1 Å². The van der Waals surface area contributed by atoms with E-state index in [2.05, 4.69) is 24.1 Å². The standard InChI is InChI=1S/C15H30N2O/c1-4-14(2)12-16-15(8-5-6-9-15)13-17(14)10-7-11-18-3/h16H,4-13H2,1-3H3. The minimum absolute atomic E-state index is 0.335. The van der Waals surface area contributed by atoms with E-state index in [1.165, 1.54) is 45.2 Å². The molecule has 0 aromatic heterocycles. The Morgan fingerprint density at radius 3 is 2.61 bits per heavy atom. The first kappa shape index (κ1) is 14.3. The predicted molar refractivity (Wildman–Crippen MR) is 76.0 cm³/mol. The lowest BCUT2D eigenvalue weighted by atomic mass is 9.85. The third kappa shape index (κ3) is 2.89. The highest BCUT2D eigenvalue weighted by molar-refractivity contribution is 5.05. The van der Waals surface area contributed by atoms with Crippen LogP contribution in [-0.4, -0.2) is 49.3 Å². The van der Waals surface area contributed by atoms with Crippen molar-refractivity contribution in [2.45, 2.75) is 63.5 Å². The van der Waals surface area contributed by atoms with Crippen molar-refractivity contribution < 1.29 is 4.74 Å². The highest BCUT2D eigenvalue weighted by Crippen LogP contribution is 2.36. The molecule has 2 rings (SSSR count). The Kier molecular flexibility index (Phi) is 4.68. The van der Waals surface area contributed by atoms with Gasteiger partial charge in [0.2, 0.25) is 0 Å². The number of piperazine rings is 1. The Hall–Kier alpha value is -0.120. The maximum absolute atomic E-state index is 5.21. The molecular formula is C15H30N2O. The van der Waals surface area contributed by atoms with Gasteiger partial charge in [-0.15, -0.1) is 0 Å². The van der Waals surface area contributed by atoms with E-state index in [1.54, 1.807) is 7.11 Å². The van der Waals surface area contributed by atoms with Crippen molar-refractivity contribution in [2.24, 2.45) is 0 Å². The van der Waals surface area contributed by atoms with Gasteiger partial charge in [0.15, 0.2) is 0 Å².